The number of rotatable bonds is 3. The summed E-state index contributed by atoms with van der Waals surface area (Å²) in [7, 11) is 0. The molecule has 0 bridgehead atoms. The molecular weight excluding hydrogens is 636 g/mol. The van der Waals surface area contributed by atoms with E-state index in [1.807, 2.05) is 66.7 Å². The SMILES string of the molecule is CC1(C)CCC2(CC1)N1[C@H](c3ccccc3)[C@H](c3ccccc3)OC(=O)[C@H]1[C@H](c1ccnc(Cl)c1F)[C@@]21C(=O)Nc2cc(Cl)ccc21. The van der Waals surface area contributed by atoms with Crippen LogP contribution in [0.5, 0.6) is 0 Å². The van der Waals surface area contributed by atoms with Gasteiger partial charge in [0.2, 0.25) is 5.91 Å². The molecule has 1 aromatic heterocycles. The number of aromatic nitrogens is 1. The van der Waals surface area contributed by atoms with Gasteiger partial charge in [0.25, 0.3) is 0 Å². The maximum absolute atomic E-state index is 16.5. The molecule has 4 aliphatic rings. The number of cyclic esters (lactones) is 1. The number of pyridine rings is 1. The van der Waals surface area contributed by atoms with Gasteiger partial charge in [-0.3, -0.25) is 14.5 Å². The van der Waals surface area contributed by atoms with E-state index in [1.165, 1.54) is 6.20 Å². The van der Waals surface area contributed by atoms with Crippen molar-refractivity contribution in [2.75, 3.05) is 5.32 Å². The Morgan fingerprint density at radius 3 is 2.21 bits per heavy atom. The predicted octanol–water partition coefficient (Wildman–Crippen LogP) is 8.56. The number of halogens is 3. The second-order valence-corrected chi connectivity index (χ2v) is 14.9. The third-order valence-electron chi connectivity index (χ3n) is 11.3. The second kappa shape index (κ2) is 10.9. The first kappa shape index (κ1) is 30.5. The highest BCUT2D eigenvalue weighted by Crippen LogP contribution is 2.71. The molecule has 2 spiro atoms. The van der Waals surface area contributed by atoms with E-state index >= 15 is 9.18 Å². The highest BCUT2D eigenvalue weighted by molar-refractivity contribution is 6.31. The summed E-state index contributed by atoms with van der Waals surface area (Å²) in [6, 6.07) is 25.2. The maximum Gasteiger partial charge on any atom is 0.324 e. The van der Waals surface area contributed by atoms with Crippen molar-refractivity contribution < 1.29 is 18.7 Å². The fraction of sp³-hybridized carbons (Fsp3) is 0.342. The summed E-state index contributed by atoms with van der Waals surface area (Å²) in [5, 5.41) is 3.30. The van der Waals surface area contributed by atoms with E-state index in [4.69, 9.17) is 27.9 Å². The first-order valence-corrected chi connectivity index (χ1v) is 16.8. The first-order valence-electron chi connectivity index (χ1n) is 16.1. The molecule has 5 atom stereocenters. The van der Waals surface area contributed by atoms with Crippen molar-refractivity contribution in [2.45, 2.75) is 74.6 Å². The van der Waals surface area contributed by atoms with Gasteiger partial charge in [0, 0.05) is 28.4 Å². The molecule has 4 heterocycles. The number of carbonyl (C=O) groups is 2. The Morgan fingerprint density at radius 2 is 1.53 bits per heavy atom. The number of nitrogens with zero attached hydrogens (tertiary/aromatic N) is 2. The predicted molar refractivity (Wildman–Crippen MR) is 179 cm³/mol. The summed E-state index contributed by atoms with van der Waals surface area (Å²) in [6.45, 7) is 4.49. The third kappa shape index (κ3) is 4.29. The molecule has 1 aliphatic carbocycles. The van der Waals surface area contributed by atoms with Crippen molar-refractivity contribution in [3.8, 4) is 0 Å². The Bertz CT molecular complexity index is 1900. The summed E-state index contributed by atoms with van der Waals surface area (Å²) in [4.78, 5) is 36.2. The third-order valence-corrected chi connectivity index (χ3v) is 11.8. The van der Waals surface area contributed by atoms with Crippen molar-refractivity contribution in [3.05, 3.63) is 129 Å². The van der Waals surface area contributed by atoms with Crippen LogP contribution in [-0.4, -0.2) is 33.3 Å². The molecule has 47 heavy (non-hydrogen) atoms. The molecule has 1 saturated carbocycles. The lowest BCUT2D eigenvalue weighted by atomic mass is 9.53. The number of hydrogen-bond donors (Lipinski definition) is 1. The molecule has 2 saturated heterocycles. The van der Waals surface area contributed by atoms with Crippen LogP contribution in [0.25, 0.3) is 0 Å². The molecule has 3 aliphatic heterocycles. The van der Waals surface area contributed by atoms with Crippen LogP contribution in [0, 0.1) is 11.2 Å². The average Bonchev–Trinajstić information content (AvgIpc) is 3.50. The van der Waals surface area contributed by atoms with Gasteiger partial charge in [0.15, 0.2) is 11.0 Å². The molecule has 3 aromatic carbocycles. The summed E-state index contributed by atoms with van der Waals surface area (Å²) in [5.74, 6) is -2.50. The fourth-order valence-corrected chi connectivity index (χ4v) is 9.61. The van der Waals surface area contributed by atoms with Crippen LogP contribution in [0.2, 0.25) is 10.2 Å². The van der Waals surface area contributed by atoms with Gasteiger partial charge in [-0.2, -0.15) is 0 Å². The Labute approximate surface area is 283 Å². The highest BCUT2D eigenvalue weighted by Gasteiger charge is 2.78. The number of esters is 1. The Hall–Kier alpha value is -3.78. The quantitative estimate of drug-likeness (QED) is 0.175. The van der Waals surface area contributed by atoms with Gasteiger partial charge < -0.3 is 10.1 Å². The molecule has 0 radical (unpaired) electrons. The van der Waals surface area contributed by atoms with E-state index in [1.54, 1.807) is 18.2 Å². The van der Waals surface area contributed by atoms with Gasteiger partial charge in [0.1, 0.15) is 17.6 Å². The molecule has 240 valence electrons. The number of hydrogen-bond acceptors (Lipinski definition) is 5. The lowest BCUT2D eigenvalue weighted by Gasteiger charge is -2.57. The standard InChI is InChI=1S/C38H34Cl2FN3O3/c1-36(2)16-18-37(19-17-36)38(26-14-13-24(39)21-27(26)43-35(38)46)28(25-15-20-42-33(40)29(25)41)31-34(45)47-32(23-11-7-4-8-12-23)30(44(31)37)22-9-5-3-6-10-22/h3-15,20-21,28,30-32H,16-19H2,1-2H3,(H,43,46)/t28-,30+,31+,32-,38-/m0/s1. The molecule has 1 amide bonds. The normalized spacial score (nSPS) is 29.0. The minimum Gasteiger partial charge on any atom is -0.454 e. The number of anilines is 1. The van der Waals surface area contributed by atoms with Crippen LogP contribution in [0.15, 0.2) is 91.1 Å². The molecule has 3 fully saturated rings. The lowest BCUT2D eigenvalue weighted by Crippen LogP contribution is -2.64. The van der Waals surface area contributed by atoms with Crippen LogP contribution in [0.4, 0.5) is 10.1 Å². The molecule has 4 aromatic rings. The monoisotopic (exact) mass is 669 g/mol. The minimum atomic E-state index is -1.39. The lowest BCUT2D eigenvalue weighted by molar-refractivity contribution is -0.184. The number of morpholine rings is 1. The number of ether oxygens (including phenoxy) is 1. The number of nitrogens with one attached hydrogen (secondary N) is 1. The molecule has 9 heteroatoms. The van der Waals surface area contributed by atoms with Gasteiger partial charge in [0.05, 0.1) is 6.04 Å². The Kier molecular flexibility index (Phi) is 7.07. The fourth-order valence-electron chi connectivity index (χ4n) is 9.28. The Balaban J connectivity index is 1.49. The van der Waals surface area contributed by atoms with Gasteiger partial charge in [-0.25, -0.2) is 9.37 Å². The molecular formula is C38H34Cl2FN3O3. The highest BCUT2D eigenvalue weighted by atomic mass is 35.5. The van der Waals surface area contributed by atoms with Crippen LogP contribution in [0.1, 0.15) is 79.8 Å². The van der Waals surface area contributed by atoms with E-state index in [0.29, 0.717) is 29.1 Å². The van der Waals surface area contributed by atoms with Crippen molar-refractivity contribution in [1.29, 1.82) is 0 Å². The Morgan fingerprint density at radius 1 is 0.872 bits per heavy atom. The van der Waals surface area contributed by atoms with Gasteiger partial charge >= 0.3 is 5.97 Å². The number of carbonyl (C=O) groups excluding carboxylic acids is 2. The summed E-state index contributed by atoms with van der Waals surface area (Å²) in [5.41, 5.74) is 0.922. The van der Waals surface area contributed by atoms with E-state index < -0.39 is 46.8 Å². The number of amides is 1. The number of fused-ring (bicyclic) bond motifs is 5. The van der Waals surface area contributed by atoms with Crippen LogP contribution in [-0.2, 0) is 19.7 Å². The summed E-state index contributed by atoms with van der Waals surface area (Å²) < 4.78 is 23.0. The minimum absolute atomic E-state index is 0.000521. The first-order chi connectivity index (χ1) is 22.6. The van der Waals surface area contributed by atoms with Crippen LogP contribution in [0.3, 0.4) is 0 Å². The van der Waals surface area contributed by atoms with E-state index in [-0.39, 0.29) is 22.0 Å². The molecule has 1 N–H and O–H groups in total. The zero-order chi connectivity index (χ0) is 32.7. The van der Waals surface area contributed by atoms with E-state index in [0.717, 1.165) is 24.0 Å². The zero-order valence-corrected chi connectivity index (χ0v) is 27.6. The molecule has 0 unspecified atom stereocenters. The van der Waals surface area contributed by atoms with E-state index in [2.05, 4.69) is 29.0 Å². The van der Waals surface area contributed by atoms with Gasteiger partial charge in [-0.05, 0) is 71.6 Å². The molecule has 8 rings (SSSR count). The summed E-state index contributed by atoms with van der Waals surface area (Å²) >= 11 is 12.9. The second-order valence-electron chi connectivity index (χ2n) is 14.1. The van der Waals surface area contributed by atoms with E-state index in [9.17, 15) is 4.79 Å². The largest absolute Gasteiger partial charge is 0.454 e. The van der Waals surface area contributed by atoms with Gasteiger partial charge in [-0.1, -0.05) is 104 Å². The van der Waals surface area contributed by atoms with Crippen LogP contribution >= 0.6 is 23.2 Å². The average molecular weight is 671 g/mol. The number of benzene rings is 3. The van der Waals surface area contributed by atoms with Crippen molar-refractivity contribution in [2.24, 2.45) is 5.41 Å². The van der Waals surface area contributed by atoms with Crippen molar-refractivity contribution in [3.63, 3.8) is 0 Å². The van der Waals surface area contributed by atoms with Crippen molar-refractivity contribution >= 4 is 40.8 Å². The maximum atomic E-state index is 16.5. The topological polar surface area (TPSA) is 71.5 Å². The van der Waals surface area contributed by atoms with Crippen molar-refractivity contribution in [1.82, 2.24) is 9.88 Å². The smallest absolute Gasteiger partial charge is 0.324 e. The van der Waals surface area contributed by atoms with Gasteiger partial charge in [-0.15, -0.1) is 0 Å². The molecule has 6 nitrogen and oxygen atoms in total. The van der Waals surface area contributed by atoms with Crippen LogP contribution < -0.4 is 5.32 Å². The summed E-state index contributed by atoms with van der Waals surface area (Å²) in [6.07, 6.45) is 3.56. The zero-order valence-electron chi connectivity index (χ0n) is 26.1.